The van der Waals surface area contributed by atoms with E-state index in [-0.39, 0.29) is 6.10 Å². The molecule has 0 saturated heterocycles. The molecule has 1 unspecified atom stereocenters. The zero-order valence-corrected chi connectivity index (χ0v) is 22.0. The van der Waals surface area contributed by atoms with Gasteiger partial charge in [-0.1, -0.05) is 20.8 Å². The molecule has 4 fully saturated rings. The molecule has 6 heteroatoms. The molecule has 1 N–H and O–H groups in total. The molecule has 0 amide bonds. The van der Waals surface area contributed by atoms with Gasteiger partial charge < -0.3 is 19.0 Å². The van der Waals surface area contributed by atoms with Crippen LogP contribution in [-0.2, 0) is 22.5 Å². The number of aryl methyl sites for hydroxylation is 1. The first-order valence-corrected chi connectivity index (χ1v) is 13.8. The number of hydrogen-bond donors (Lipinski definition) is 1. The van der Waals surface area contributed by atoms with Crippen LogP contribution in [0, 0.1) is 46.3 Å². The number of hydrogen-bond acceptors (Lipinski definition) is 6. The summed E-state index contributed by atoms with van der Waals surface area (Å²) in [6, 6.07) is 0. The fraction of sp³-hybridized carbons (Fsp3) is 0.929. The summed E-state index contributed by atoms with van der Waals surface area (Å²) in [5.74, 6) is 5.48. The van der Waals surface area contributed by atoms with Gasteiger partial charge in [0.1, 0.15) is 6.61 Å². The van der Waals surface area contributed by atoms with Crippen molar-refractivity contribution in [1.82, 2.24) is 10.2 Å². The molecule has 0 spiro atoms. The summed E-state index contributed by atoms with van der Waals surface area (Å²) in [5.41, 5.74) is 0.770. The van der Waals surface area contributed by atoms with Crippen molar-refractivity contribution in [2.45, 2.75) is 104 Å². The number of aromatic nitrogens is 2. The van der Waals surface area contributed by atoms with Crippen LogP contribution in [0.25, 0.3) is 0 Å². The maximum atomic E-state index is 10.4. The first kappa shape index (κ1) is 24.7. The maximum Gasteiger partial charge on any atom is 0.242 e. The SMILES string of the molecule is COCc1nnc(CC[C@@H](C)C2CC[C@H]3[C@@H]4[C@H](OC)C[C@@H]5C[C@H](O)CC[C@]5(C)[C@H]4CC[C@]23C)o1. The molecule has 10 atom stereocenters. The third kappa shape index (κ3) is 4.06. The van der Waals surface area contributed by atoms with Gasteiger partial charge in [0.2, 0.25) is 11.8 Å². The third-order valence-electron chi connectivity index (χ3n) is 11.3. The molecular weight excluding hydrogens is 428 g/mol. The van der Waals surface area contributed by atoms with Crippen LogP contribution in [0.2, 0.25) is 0 Å². The Hall–Kier alpha value is -0.980. The van der Waals surface area contributed by atoms with E-state index < -0.39 is 0 Å². The minimum atomic E-state index is -0.109. The number of methoxy groups -OCH3 is 2. The van der Waals surface area contributed by atoms with Gasteiger partial charge in [-0.25, -0.2) is 0 Å². The van der Waals surface area contributed by atoms with Crippen molar-refractivity contribution in [3.8, 4) is 0 Å². The highest BCUT2D eigenvalue weighted by Gasteiger charge is 2.63. The van der Waals surface area contributed by atoms with Crippen LogP contribution >= 0.6 is 0 Å². The molecule has 192 valence electrons. The minimum absolute atomic E-state index is 0.109. The smallest absolute Gasteiger partial charge is 0.242 e. The predicted octanol–water partition coefficient (Wildman–Crippen LogP) is 5.43. The number of aliphatic hydroxyl groups is 1. The minimum Gasteiger partial charge on any atom is -0.423 e. The summed E-state index contributed by atoms with van der Waals surface area (Å²) >= 11 is 0. The van der Waals surface area contributed by atoms with Crippen molar-refractivity contribution in [2.24, 2.45) is 46.3 Å². The lowest BCUT2D eigenvalue weighted by Gasteiger charge is -2.63. The number of nitrogens with zero attached hydrogens (tertiary/aromatic N) is 2. The van der Waals surface area contributed by atoms with Crippen molar-refractivity contribution >= 4 is 0 Å². The van der Waals surface area contributed by atoms with Crippen molar-refractivity contribution in [3.05, 3.63) is 11.8 Å². The Morgan fingerprint density at radius 1 is 1.00 bits per heavy atom. The number of aliphatic hydroxyl groups excluding tert-OH is 1. The Morgan fingerprint density at radius 3 is 2.50 bits per heavy atom. The van der Waals surface area contributed by atoms with E-state index in [1.807, 2.05) is 7.11 Å². The Labute approximate surface area is 205 Å². The molecule has 34 heavy (non-hydrogen) atoms. The van der Waals surface area contributed by atoms with Crippen LogP contribution in [0.4, 0.5) is 0 Å². The molecule has 4 aliphatic carbocycles. The van der Waals surface area contributed by atoms with E-state index in [2.05, 4.69) is 31.0 Å². The van der Waals surface area contributed by atoms with E-state index in [1.165, 1.54) is 32.1 Å². The maximum absolute atomic E-state index is 10.4. The molecule has 6 nitrogen and oxygen atoms in total. The van der Waals surface area contributed by atoms with Crippen molar-refractivity contribution in [1.29, 1.82) is 0 Å². The molecule has 4 aliphatic rings. The van der Waals surface area contributed by atoms with E-state index in [4.69, 9.17) is 13.9 Å². The topological polar surface area (TPSA) is 77.6 Å². The third-order valence-corrected chi connectivity index (χ3v) is 11.3. The highest BCUT2D eigenvalue weighted by molar-refractivity contribution is 5.12. The van der Waals surface area contributed by atoms with E-state index >= 15 is 0 Å². The van der Waals surface area contributed by atoms with Gasteiger partial charge in [-0.15, -0.1) is 10.2 Å². The second kappa shape index (κ2) is 9.48. The van der Waals surface area contributed by atoms with E-state index in [9.17, 15) is 5.11 Å². The Morgan fingerprint density at radius 2 is 1.74 bits per heavy atom. The van der Waals surface area contributed by atoms with Gasteiger partial charge in [0, 0.05) is 20.6 Å². The molecular formula is C28H46N2O4. The predicted molar refractivity (Wildman–Crippen MR) is 130 cm³/mol. The Balaban J connectivity index is 1.30. The standard InChI is InChI=1S/C28H46N2O4/c1-17(6-9-24-29-30-25(34-24)16-32-4)20-7-8-21-26-22(11-13-28(20,21)3)27(2)12-10-19(31)14-18(27)15-23(26)33-5/h17-23,26,31H,6-16H2,1-5H3/t17-,18+,19-,20?,21+,22+,23-,26+,27+,28-/m1/s1. The normalized spacial score (nSPS) is 44.8. The highest BCUT2D eigenvalue weighted by Crippen LogP contribution is 2.68. The number of rotatable bonds is 7. The highest BCUT2D eigenvalue weighted by atomic mass is 16.5. The molecule has 1 heterocycles. The lowest BCUT2D eigenvalue weighted by atomic mass is 9.43. The van der Waals surface area contributed by atoms with Crippen LogP contribution in [0.5, 0.6) is 0 Å². The quantitative estimate of drug-likeness (QED) is 0.568. The fourth-order valence-electron chi connectivity index (χ4n) is 9.52. The number of fused-ring (bicyclic) bond motifs is 5. The van der Waals surface area contributed by atoms with E-state index in [1.54, 1.807) is 7.11 Å². The van der Waals surface area contributed by atoms with Crippen LogP contribution < -0.4 is 0 Å². The molecule has 0 radical (unpaired) electrons. The van der Waals surface area contributed by atoms with Gasteiger partial charge in [-0.05, 0) is 104 Å². The second-order valence-corrected chi connectivity index (χ2v) is 12.7. The van der Waals surface area contributed by atoms with Gasteiger partial charge >= 0.3 is 0 Å². The Bertz CT molecular complexity index is 844. The summed E-state index contributed by atoms with van der Waals surface area (Å²) in [7, 11) is 3.59. The van der Waals surface area contributed by atoms with Crippen molar-refractivity contribution in [3.63, 3.8) is 0 Å². The van der Waals surface area contributed by atoms with Crippen LogP contribution in [0.3, 0.4) is 0 Å². The van der Waals surface area contributed by atoms with Crippen LogP contribution in [0.1, 0.15) is 90.3 Å². The van der Waals surface area contributed by atoms with Crippen molar-refractivity contribution < 1.29 is 19.0 Å². The first-order chi connectivity index (χ1) is 16.3. The molecule has 4 saturated carbocycles. The Kier molecular flexibility index (Phi) is 6.89. The average Bonchev–Trinajstić information content (AvgIpc) is 3.41. The van der Waals surface area contributed by atoms with E-state index in [0.717, 1.165) is 55.7 Å². The van der Waals surface area contributed by atoms with Gasteiger partial charge in [0.05, 0.1) is 12.2 Å². The zero-order valence-electron chi connectivity index (χ0n) is 22.0. The summed E-state index contributed by atoms with van der Waals surface area (Å²) in [6.45, 7) is 8.00. The summed E-state index contributed by atoms with van der Waals surface area (Å²) in [6.07, 6.45) is 11.8. The van der Waals surface area contributed by atoms with Gasteiger partial charge in [-0.2, -0.15) is 0 Å². The summed E-state index contributed by atoms with van der Waals surface area (Å²) in [4.78, 5) is 0. The molecule has 0 aliphatic heterocycles. The van der Waals surface area contributed by atoms with Gasteiger partial charge in [0.15, 0.2) is 0 Å². The molecule has 5 rings (SSSR count). The molecule has 0 bridgehead atoms. The molecule has 0 aromatic carbocycles. The zero-order chi connectivity index (χ0) is 24.1. The second-order valence-electron chi connectivity index (χ2n) is 12.7. The monoisotopic (exact) mass is 474 g/mol. The molecule has 1 aromatic heterocycles. The van der Waals surface area contributed by atoms with Crippen molar-refractivity contribution in [2.75, 3.05) is 14.2 Å². The average molecular weight is 475 g/mol. The van der Waals surface area contributed by atoms with Crippen LogP contribution in [0.15, 0.2) is 4.42 Å². The lowest BCUT2D eigenvalue weighted by Crippen LogP contribution is -2.59. The number of ether oxygens (including phenoxy) is 2. The molecule has 1 aromatic rings. The first-order valence-electron chi connectivity index (χ1n) is 13.8. The van der Waals surface area contributed by atoms with Gasteiger partial charge in [0.25, 0.3) is 0 Å². The summed E-state index contributed by atoms with van der Waals surface area (Å²) < 4.78 is 17.1. The summed E-state index contributed by atoms with van der Waals surface area (Å²) in [5, 5.41) is 18.7. The largest absolute Gasteiger partial charge is 0.423 e. The van der Waals surface area contributed by atoms with Gasteiger partial charge in [-0.3, -0.25) is 0 Å². The lowest BCUT2D eigenvalue weighted by molar-refractivity contribution is -0.181. The fourth-order valence-corrected chi connectivity index (χ4v) is 9.52. The van der Waals surface area contributed by atoms with E-state index in [0.29, 0.717) is 47.2 Å². The van der Waals surface area contributed by atoms with Crippen LogP contribution in [-0.4, -0.2) is 41.7 Å².